The van der Waals surface area contributed by atoms with Gasteiger partial charge in [0.1, 0.15) is 9.60 Å². The number of hydrogen-bond acceptors (Lipinski definition) is 3. The molecule has 1 amide bonds. The fraction of sp³-hybridized carbons (Fsp3) is 0.0769. The van der Waals surface area contributed by atoms with E-state index in [1.807, 2.05) is 0 Å². The first-order valence-electron chi connectivity index (χ1n) is 5.85. The van der Waals surface area contributed by atoms with Crippen molar-refractivity contribution >= 4 is 44.5 Å². The van der Waals surface area contributed by atoms with Gasteiger partial charge in [-0.3, -0.25) is 4.79 Å². The number of rotatable bonds is 2. The number of aryl methyl sites for hydroxylation is 1. The van der Waals surface area contributed by atoms with E-state index in [-0.39, 0.29) is 20.0 Å². The third-order valence-electron chi connectivity index (χ3n) is 2.80. The molecule has 4 nitrogen and oxygen atoms in total. The van der Waals surface area contributed by atoms with Crippen LogP contribution in [0.3, 0.4) is 0 Å². The van der Waals surface area contributed by atoms with Crippen molar-refractivity contribution in [2.24, 2.45) is 0 Å². The summed E-state index contributed by atoms with van der Waals surface area (Å²) in [6, 6.07) is 2.53. The third kappa shape index (κ3) is 2.56. The van der Waals surface area contributed by atoms with Gasteiger partial charge in [0.15, 0.2) is 11.5 Å². The van der Waals surface area contributed by atoms with Crippen molar-refractivity contribution in [3.8, 4) is 0 Å². The molecule has 0 aliphatic rings. The number of carbonyl (C=O) groups is 1. The predicted molar refractivity (Wildman–Crippen MR) is 79.8 cm³/mol. The van der Waals surface area contributed by atoms with Crippen LogP contribution in [0, 0.1) is 18.6 Å². The summed E-state index contributed by atoms with van der Waals surface area (Å²) >= 11 is 3.94. The van der Waals surface area contributed by atoms with E-state index in [0.717, 1.165) is 17.4 Å². The van der Waals surface area contributed by atoms with Gasteiger partial charge >= 0.3 is 0 Å². The third-order valence-corrected chi connectivity index (χ3v) is 4.57. The Bertz CT molecular complexity index is 839. The highest BCUT2D eigenvalue weighted by molar-refractivity contribution is 9.11. The number of amides is 1. The molecule has 0 radical (unpaired) electrons. The molecule has 0 aliphatic heterocycles. The highest BCUT2D eigenvalue weighted by atomic mass is 79.9. The molecule has 0 unspecified atom stereocenters. The topological polar surface area (TPSA) is 46.4 Å². The molecule has 0 fully saturated rings. The van der Waals surface area contributed by atoms with Gasteiger partial charge in [0.05, 0.1) is 16.3 Å². The first-order chi connectivity index (χ1) is 9.95. The Kier molecular flexibility index (Phi) is 3.50. The number of aromatic nitrogens is 2. The predicted octanol–water partition coefficient (Wildman–Crippen LogP) is 4.00. The molecule has 21 heavy (non-hydrogen) atoms. The van der Waals surface area contributed by atoms with Crippen LogP contribution in [0.2, 0.25) is 0 Å². The van der Waals surface area contributed by atoms with Gasteiger partial charge in [-0.25, -0.2) is 13.8 Å². The monoisotopic (exact) mass is 371 g/mol. The zero-order chi connectivity index (χ0) is 15.1. The van der Waals surface area contributed by atoms with E-state index in [2.05, 4.69) is 26.2 Å². The average molecular weight is 372 g/mol. The summed E-state index contributed by atoms with van der Waals surface area (Å²) in [5, 5.41) is 2.42. The van der Waals surface area contributed by atoms with Crippen molar-refractivity contribution in [1.82, 2.24) is 9.38 Å². The van der Waals surface area contributed by atoms with Crippen LogP contribution >= 0.6 is 27.3 Å². The Morgan fingerprint density at radius 2 is 2.24 bits per heavy atom. The normalized spacial score (nSPS) is 11.0. The second-order valence-electron chi connectivity index (χ2n) is 4.34. The van der Waals surface area contributed by atoms with E-state index >= 15 is 0 Å². The summed E-state index contributed by atoms with van der Waals surface area (Å²) in [6.45, 7) is 1.75. The zero-order valence-electron chi connectivity index (χ0n) is 10.7. The molecular formula is C13H8BrF2N3OS. The number of thiophene rings is 1. The Hall–Kier alpha value is -1.80. The maximum absolute atomic E-state index is 14.3. The fourth-order valence-electron chi connectivity index (χ4n) is 1.88. The average Bonchev–Trinajstić information content (AvgIpc) is 2.97. The van der Waals surface area contributed by atoms with Crippen LogP contribution < -0.4 is 5.32 Å². The van der Waals surface area contributed by atoms with Gasteiger partial charge in [0.25, 0.3) is 5.91 Å². The smallest absolute Gasteiger partial charge is 0.265 e. The van der Waals surface area contributed by atoms with Gasteiger partial charge in [-0.2, -0.15) is 0 Å². The second kappa shape index (κ2) is 5.19. The van der Waals surface area contributed by atoms with Crippen LogP contribution in [-0.2, 0) is 0 Å². The SMILES string of the molecule is Cc1cn2ccc(NC(=O)c3cc(F)c(Br)s3)c(F)c2n1. The van der Waals surface area contributed by atoms with Crippen LogP contribution in [0.15, 0.2) is 28.3 Å². The lowest BCUT2D eigenvalue weighted by molar-refractivity contribution is 0.103. The molecule has 0 spiro atoms. The summed E-state index contributed by atoms with van der Waals surface area (Å²) in [6.07, 6.45) is 3.27. The van der Waals surface area contributed by atoms with Crippen LogP contribution in [0.25, 0.3) is 5.65 Å². The summed E-state index contributed by atoms with van der Waals surface area (Å²) in [7, 11) is 0. The molecular weight excluding hydrogens is 364 g/mol. The molecule has 8 heteroatoms. The lowest BCUT2D eigenvalue weighted by atomic mass is 10.3. The molecule has 3 heterocycles. The molecule has 1 N–H and O–H groups in total. The van der Waals surface area contributed by atoms with Crippen LogP contribution in [0.5, 0.6) is 0 Å². The van der Waals surface area contributed by atoms with Gasteiger partial charge in [-0.05, 0) is 35.0 Å². The van der Waals surface area contributed by atoms with Crippen molar-refractivity contribution in [3.05, 3.63) is 50.5 Å². The van der Waals surface area contributed by atoms with Crippen LogP contribution in [0.1, 0.15) is 15.4 Å². The maximum Gasteiger partial charge on any atom is 0.265 e. The molecule has 0 aliphatic carbocycles. The van der Waals surface area contributed by atoms with Crippen LogP contribution in [-0.4, -0.2) is 15.3 Å². The largest absolute Gasteiger partial charge is 0.319 e. The Labute approximate surface area is 130 Å². The minimum atomic E-state index is -0.630. The van der Waals surface area contributed by atoms with Gasteiger partial charge in [0.2, 0.25) is 0 Å². The molecule has 3 aromatic heterocycles. The van der Waals surface area contributed by atoms with E-state index in [9.17, 15) is 13.6 Å². The molecule has 0 aromatic carbocycles. The molecule has 108 valence electrons. The summed E-state index contributed by atoms with van der Waals surface area (Å²) < 4.78 is 29.2. The Morgan fingerprint density at radius 3 is 2.90 bits per heavy atom. The highest BCUT2D eigenvalue weighted by Crippen LogP contribution is 2.28. The summed E-state index contributed by atoms with van der Waals surface area (Å²) in [4.78, 5) is 16.2. The number of nitrogens with one attached hydrogen (secondary N) is 1. The number of nitrogens with zero attached hydrogens (tertiary/aromatic N) is 2. The van der Waals surface area contributed by atoms with E-state index < -0.39 is 17.5 Å². The Morgan fingerprint density at radius 1 is 1.48 bits per heavy atom. The van der Waals surface area contributed by atoms with E-state index in [1.54, 1.807) is 19.3 Å². The number of pyridine rings is 1. The van der Waals surface area contributed by atoms with Crippen molar-refractivity contribution in [1.29, 1.82) is 0 Å². The highest BCUT2D eigenvalue weighted by Gasteiger charge is 2.17. The summed E-state index contributed by atoms with van der Waals surface area (Å²) in [5.74, 6) is -1.73. The lowest BCUT2D eigenvalue weighted by Crippen LogP contribution is -2.12. The van der Waals surface area contributed by atoms with Gasteiger partial charge in [0, 0.05) is 12.4 Å². The first-order valence-corrected chi connectivity index (χ1v) is 7.46. The van der Waals surface area contributed by atoms with E-state index in [4.69, 9.17) is 0 Å². The standard InChI is InChI=1S/C13H8BrF2N3OS/c1-6-5-19-3-2-8(10(16)12(19)17-6)18-13(20)9-4-7(15)11(14)21-9/h2-5H,1H3,(H,18,20). The second-order valence-corrected chi connectivity index (χ2v) is 6.71. The van der Waals surface area contributed by atoms with Gasteiger partial charge < -0.3 is 9.72 Å². The maximum atomic E-state index is 14.3. The van der Waals surface area contributed by atoms with Crippen LogP contribution in [0.4, 0.5) is 14.5 Å². The number of anilines is 1. The van der Waals surface area contributed by atoms with Crippen molar-refractivity contribution in [2.75, 3.05) is 5.32 Å². The van der Waals surface area contributed by atoms with E-state index in [1.165, 1.54) is 10.5 Å². The quantitative estimate of drug-likeness (QED) is 0.739. The van der Waals surface area contributed by atoms with Crippen molar-refractivity contribution < 1.29 is 13.6 Å². The van der Waals surface area contributed by atoms with Gasteiger partial charge in [-0.1, -0.05) is 0 Å². The van der Waals surface area contributed by atoms with E-state index in [0.29, 0.717) is 5.69 Å². The van der Waals surface area contributed by atoms with Crippen molar-refractivity contribution in [2.45, 2.75) is 6.92 Å². The zero-order valence-corrected chi connectivity index (χ0v) is 13.1. The summed E-state index contributed by atoms with van der Waals surface area (Å²) in [5.41, 5.74) is 0.800. The molecule has 0 atom stereocenters. The number of hydrogen-bond donors (Lipinski definition) is 1. The minimum Gasteiger partial charge on any atom is -0.319 e. The molecule has 3 aromatic rings. The molecule has 3 rings (SSSR count). The molecule has 0 saturated heterocycles. The molecule has 0 bridgehead atoms. The number of fused-ring (bicyclic) bond motifs is 1. The Balaban J connectivity index is 1.94. The van der Waals surface area contributed by atoms with Crippen molar-refractivity contribution in [3.63, 3.8) is 0 Å². The molecule has 0 saturated carbocycles. The number of imidazole rings is 1. The number of halogens is 3. The number of carbonyl (C=O) groups excluding carboxylic acids is 1. The minimum absolute atomic E-state index is 0.00281. The first kappa shape index (κ1) is 14.2. The fourth-order valence-corrected chi connectivity index (χ4v) is 3.17. The lowest BCUT2D eigenvalue weighted by Gasteiger charge is -2.05. The van der Waals surface area contributed by atoms with Gasteiger partial charge in [-0.15, -0.1) is 11.3 Å².